The molecular weight excluding hydrogens is 368 g/mol. The molecule has 0 radical (unpaired) electrons. The van der Waals surface area contributed by atoms with Crippen molar-refractivity contribution in [3.8, 4) is 0 Å². The van der Waals surface area contributed by atoms with Crippen molar-refractivity contribution in [1.29, 1.82) is 0 Å². The fourth-order valence-electron chi connectivity index (χ4n) is 4.79. The van der Waals surface area contributed by atoms with E-state index in [2.05, 4.69) is 16.0 Å². The van der Waals surface area contributed by atoms with Gasteiger partial charge in [-0.25, -0.2) is 9.79 Å². The Kier molecular flexibility index (Phi) is 5.48. The van der Waals surface area contributed by atoms with Gasteiger partial charge in [0.25, 0.3) is 0 Å². The molecule has 7 heteroatoms. The molecule has 156 valence electrons. The Labute approximate surface area is 172 Å². The van der Waals surface area contributed by atoms with Gasteiger partial charge in [0.15, 0.2) is 0 Å². The summed E-state index contributed by atoms with van der Waals surface area (Å²) >= 11 is 0. The van der Waals surface area contributed by atoms with Crippen LogP contribution in [0.3, 0.4) is 0 Å². The maximum Gasteiger partial charge on any atom is 0.324 e. The van der Waals surface area contributed by atoms with Gasteiger partial charge in [-0.1, -0.05) is 6.07 Å². The standard InChI is InChI=1S/C22H30N4O3/c1-15-23-20-13-19(9-6-17(20)14-24(15)2)26-12-11-25(22(26)29)18-7-3-16(4-8-18)5-10-21(27)28/h6,9,13,16,18H,3-5,7-8,10-12,14H2,1-2H3,(H,27,28). The van der Waals surface area contributed by atoms with E-state index in [0.29, 0.717) is 12.5 Å². The second-order valence-electron chi connectivity index (χ2n) is 8.56. The number of anilines is 1. The first-order valence-electron chi connectivity index (χ1n) is 10.6. The van der Waals surface area contributed by atoms with Crippen molar-refractivity contribution in [3.63, 3.8) is 0 Å². The van der Waals surface area contributed by atoms with E-state index in [0.717, 1.165) is 62.4 Å². The quantitative estimate of drug-likeness (QED) is 0.817. The van der Waals surface area contributed by atoms with Crippen molar-refractivity contribution >= 4 is 29.2 Å². The van der Waals surface area contributed by atoms with Crippen LogP contribution in [0.25, 0.3) is 0 Å². The fourth-order valence-corrected chi connectivity index (χ4v) is 4.79. The number of carboxylic acid groups (broad SMARTS) is 1. The number of carboxylic acids is 1. The molecule has 1 saturated carbocycles. The number of aliphatic carboxylic acids is 1. The number of carbonyl (C=O) groups is 2. The Morgan fingerprint density at radius 1 is 1.21 bits per heavy atom. The van der Waals surface area contributed by atoms with E-state index in [1.165, 1.54) is 5.56 Å². The van der Waals surface area contributed by atoms with Gasteiger partial charge in [0.05, 0.1) is 5.69 Å². The lowest BCUT2D eigenvalue weighted by molar-refractivity contribution is -0.137. The van der Waals surface area contributed by atoms with Crippen LogP contribution in [-0.4, -0.2) is 58.9 Å². The molecule has 0 unspecified atom stereocenters. The number of hydrogen-bond acceptors (Lipinski definition) is 4. The monoisotopic (exact) mass is 398 g/mol. The number of urea groups is 1. The van der Waals surface area contributed by atoms with E-state index in [1.54, 1.807) is 0 Å². The minimum absolute atomic E-state index is 0.0903. The van der Waals surface area contributed by atoms with E-state index in [9.17, 15) is 9.59 Å². The molecule has 1 saturated heterocycles. The molecule has 1 aliphatic carbocycles. The predicted octanol–water partition coefficient (Wildman–Crippen LogP) is 3.85. The van der Waals surface area contributed by atoms with E-state index in [1.807, 2.05) is 35.9 Å². The van der Waals surface area contributed by atoms with Crippen molar-refractivity contribution in [2.75, 3.05) is 25.0 Å². The molecule has 0 bridgehead atoms. The summed E-state index contributed by atoms with van der Waals surface area (Å²) < 4.78 is 0. The van der Waals surface area contributed by atoms with Gasteiger partial charge in [0, 0.05) is 44.8 Å². The molecule has 1 aromatic rings. The van der Waals surface area contributed by atoms with Crippen LogP contribution in [0.5, 0.6) is 0 Å². The highest BCUT2D eigenvalue weighted by Crippen LogP contribution is 2.35. The third-order valence-corrected chi connectivity index (χ3v) is 6.69. The van der Waals surface area contributed by atoms with E-state index < -0.39 is 5.97 Å². The van der Waals surface area contributed by atoms with Crippen LogP contribution in [0.4, 0.5) is 16.2 Å². The van der Waals surface area contributed by atoms with Crippen molar-refractivity contribution in [1.82, 2.24) is 9.80 Å². The highest BCUT2D eigenvalue weighted by molar-refractivity contribution is 5.95. The van der Waals surface area contributed by atoms with Crippen LogP contribution in [0, 0.1) is 5.92 Å². The third-order valence-electron chi connectivity index (χ3n) is 6.69. The van der Waals surface area contributed by atoms with Crippen molar-refractivity contribution in [2.24, 2.45) is 10.9 Å². The first-order valence-corrected chi connectivity index (χ1v) is 10.6. The van der Waals surface area contributed by atoms with Crippen LogP contribution in [0.2, 0.25) is 0 Å². The van der Waals surface area contributed by atoms with Gasteiger partial charge < -0.3 is 14.9 Å². The van der Waals surface area contributed by atoms with Gasteiger partial charge in [-0.2, -0.15) is 0 Å². The van der Waals surface area contributed by atoms with Gasteiger partial charge in [-0.05, 0) is 62.6 Å². The topological polar surface area (TPSA) is 76.5 Å². The Hall–Kier alpha value is -2.57. The van der Waals surface area contributed by atoms with Crippen LogP contribution in [0.15, 0.2) is 23.2 Å². The maximum absolute atomic E-state index is 13.1. The molecule has 2 amide bonds. The summed E-state index contributed by atoms with van der Waals surface area (Å²) in [5, 5.41) is 8.87. The zero-order chi connectivity index (χ0) is 20.5. The minimum Gasteiger partial charge on any atom is -0.481 e. The Bertz CT molecular complexity index is 829. The minimum atomic E-state index is -0.714. The smallest absolute Gasteiger partial charge is 0.324 e. The zero-order valence-corrected chi connectivity index (χ0v) is 17.3. The number of nitrogens with zero attached hydrogens (tertiary/aromatic N) is 4. The van der Waals surface area contributed by atoms with E-state index >= 15 is 0 Å². The van der Waals surface area contributed by atoms with Crippen molar-refractivity contribution in [2.45, 2.75) is 58.0 Å². The van der Waals surface area contributed by atoms with Crippen molar-refractivity contribution in [3.05, 3.63) is 23.8 Å². The predicted molar refractivity (Wildman–Crippen MR) is 113 cm³/mol. The number of rotatable bonds is 5. The molecule has 1 aromatic carbocycles. The number of amides is 2. The maximum atomic E-state index is 13.1. The molecule has 2 heterocycles. The Morgan fingerprint density at radius 3 is 2.69 bits per heavy atom. The summed E-state index contributed by atoms with van der Waals surface area (Å²) in [5.41, 5.74) is 3.07. The molecule has 0 spiro atoms. The number of aliphatic imine (C=N–C) groups is 1. The van der Waals surface area contributed by atoms with Crippen molar-refractivity contribution < 1.29 is 14.7 Å². The summed E-state index contributed by atoms with van der Waals surface area (Å²) in [6.07, 6.45) is 4.99. The molecule has 0 atom stereocenters. The zero-order valence-electron chi connectivity index (χ0n) is 17.3. The van der Waals surface area contributed by atoms with Crippen LogP contribution in [-0.2, 0) is 11.3 Å². The van der Waals surface area contributed by atoms with E-state index in [4.69, 9.17) is 5.11 Å². The Morgan fingerprint density at radius 2 is 1.97 bits per heavy atom. The summed E-state index contributed by atoms with van der Waals surface area (Å²) in [6, 6.07) is 6.52. The SMILES string of the molecule is CC1=Nc2cc(N3CCN(C4CCC(CCC(=O)O)CC4)C3=O)ccc2CN1C. The number of fused-ring (bicyclic) bond motifs is 1. The van der Waals surface area contributed by atoms with Gasteiger partial charge in [0.1, 0.15) is 5.84 Å². The lowest BCUT2D eigenvalue weighted by atomic mass is 9.83. The third kappa shape index (κ3) is 4.09. The molecule has 3 aliphatic rings. The van der Waals surface area contributed by atoms with Crippen LogP contribution < -0.4 is 4.90 Å². The van der Waals surface area contributed by atoms with Gasteiger partial charge >= 0.3 is 12.0 Å². The Balaban J connectivity index is 1.39. The van der Waals surface area contributed by atoms with Crippen LogP contribution >= 0.6 is 0 Å². The number of benzene rings is 1. The molecule has 29 heavy (non-hydrogen) atoms. The summed E-state index contributed by atoms with van der Waals surface area (Å²) in [5.74, 6) is 0.758. The van der Waals surface area contributed by atoms with Gasteiger partial charge in [0.2, 0.25) is 0 Å². The molecule has 7 nitrogen and oxygen atoms in total. The second-order valence-corrected chi connectivity index (χ2v) is 8.56. The van der Waals surface area contributed by atoms with Gasteiger partial charge in [-0.15, -0.1) is 0 Å². The lowest BCUT2D eigenvalue weighted by Gasteiger charge is -2.34. The highest BCUT2D eigenvalue weighted by atomic mass is 16.4. The normalized spacial score (nSPS) is 24.6. The molecule has 0 aromatic heterocycles. The summed E-state index contributed by atoms with van der Waals surface area (Å²) in [6.45, 7) is 4.31. The molecule has 4 rings (SSSR count). The fraction of sp³-hybridized carbons (Fsp3) is 0.591. The van der Waals surface area contributed by atoms with Crippen LogP contribution in [0.1, 0.15) is 51.0 Å². The second kappa shape index (κ2) is 8.05. The highest BCUT2D eigenvalue weighted by Gasteiger charge is 2.36. The number of amidine groups is 1. The van der Waals surface area contributed by atoms with E-state index in [-0.39, 0.29) is 18.5 Å². The lowest BCUT2D eigenvalue weighted by Crippen LogP contribution is -2.41. The average molecular weight is 399 g/mol. The summed E-state index contributed by atoms with van der Waals surface area (Å²) in [4.78, 5) is 34.6. The first-order chi connectivity index (χ1) is 13.9. The number of hydrogen-bond donors (Lipinski definition) is 1. The molecule has 2 aliphatic heterocycles. The van der Waals surface area contributed by atoms with Gasteiger partial charge in [-0.3, -0.25) is 9.69 Å². The molecule has 2 fully saturated rings. The number of carbonyl (C=O) groups excluding carboxylic acids is 1. The molecular formula is C22H30N4O3. The summed E-state index contributed by atoms with van der Waals surface area (Å²) in [7, 11) is 2.04. The molecule has 1 N–H and O–H groups in total. The largest absolute Gasteiger partial charge is 0.481 e. The first kappa shape index (κ1) is 19.7. The average Bonchev–Trinajstić information content (AvgIpc) is 3.09.